The van der Waals surface area contributed by atoms with Gasteiger partial charge in [-0.15, -0.1) is 0 Å². The van der Waals surface area contributed by atoms with Gasteiger partial charge in [0, 0.05) is 23.7 Å². The summed E-state index contributed by atoms with van der Waals surface area (Å²) in [6.45, 7) is 0. The smallest absolute Gasteiger partial charge is 0.120 e. The summed E-state index contributed by atoms with van der Waals surface area (Å²) in [5.74, 6) is 0.383. The zero-order valence-corrected chi connectivity index (χ0v) is 13.9. The molecule has 0 radical (unpaired) electrons. The summed E-state index contributed by atoms with van der Waals surface area (Å²) >= 11 is 12.4. The molecule has 2 heterocycles. The van der Waals surface area contributed by atoms with E-state index in [-0.39, 0.29) is 6.04 Å². The van der Waals surface area contributed by atoms with Gasteiger partial charge in [-0.2, -0.15) is 5.10 Å². The van der Waals surface area contributed by atoms with Gasteiger partial charge in [0.1, 0.15) is 11.2 Å². The number of nitrogens with zero attached hydrogens (tertiary/aromatic N) is 2. The molecule has 1 unspecified atom stereocenters. The first-order valence-electron chi connectivity index (χ1n) is 7.69. The van der Waals surface area contributed by atoms with Gasteiger partial charge in [-0.1, -0.05) is 41.8 Å². The minimum absolute atomic E-state index is 0.221. The normalized spacial score (nSPS) is 21.2. The Bertz CT molecular complexity index is 874. The molecule has 118 valence electrons. The van der Waals surface area contributed by atoms with E-state index in [1.807, 2.05) is 18.3 Å². The third kappa shape index (κ3) is 2.51. The van der Waals surface area contributed by atoms with Gasteiger partial charge >= 0.3 is 0 Å². The van der Waals surface area contributed by atoms with Gasteiger partial charge in [-0.25, -0.2) is 0 Å². The van der Waals surface area contributed by atoms with E-state index in [0.29, 0.717) is 16.0 Å². The third-order valence-corrected chi connectivity index (χ3v) is 5.44. The zero-order valence-electron chi connectivity index (χ0n) is 12.4. The Morgan fingerprint density at radius 1 is 1.22 bits per heavy atom. The SMILES string of the molecule is N[C@@H]1CCCC1c1cnc2c(-c3cccc(Cl)c3Cl)n[nH]c2c1. The van der Waals surface area contributed by atoms with Gasteiger partial charge in [-0.05, 0) is 30.5 Å². The fraction of sp³-hybridized carbons (Fsp3) is 0.294. The van der Waals surface area contributed by atoms with Crippen LogP contribution in [0.4, 0.5) is 0 Å². The molecule has 3 aromatic rings. The molecule has 3 N–H and O–H groups in total. The Morgan fingerprint density at radius 3 is 2.87 bits per heavy atom. The number of fused-ring (bicyclic) bond motifs is 1. The van der Waals surface area contributed by atoms with E-state index < -0.39 is 0 Å². The molecule has 4 nitrogen and oxygen atoms in total. The summed E-state index contributed by atoms with van der Waals surface area (Å²) in [4.78, 5) is 4.62. The predicted octanol–water partition coefficient (Wildman–Crippen LogP) is 4.53. The predicted molar refractivity (Wildman–Crippen MR) is 93.9 cm³/mol. The Hall–Kier alpha value is -1.62. The Kier molecular flexibility index (Phi) is 3.76. The topological polar surface area (TPSA) is 67.6 Å². The first-order valence-corrected chi connectivity index (χ1v) is 8.44. The van der Waals surface area contributed by atoms with Crippen molar-refractivity contribution in [1.82, 2.24) is 15.2 Å². The first kappa shape index (κ1) is 14.9. The fourth-order valence-corrected chi connectivity index (χ4v) is 3.79. The van der Waals surface area contributed by atoms with Gasteiger partial charge in [0.2, 0.25) is 0 Å². The number of aromatic amines is 1. The van der Waals surface area contributed by atoms with Crippen molar-refractivity contribution in [2.45, 2.75) is 31.2 Å². The van der Waals surface area contributed by atoms with Crippen LogP contribution in [0.15, 0.2) is 30.5 Å². The average Bonchev–Trinajstić information content (AvgIpc) is 3.15. The molecule has 1 aliphatic carbocycles. The monoisotopic (exact) mass is 346 g/mol. The molecule has 0 amide bonds. The highest BCUT2D eigenvalue weighted by atomic mass is 35.5. The van der Waals surface area contributed by atoms with E-state index in [2.05, 4.69) is 21.2 Å². The summed E-state index contributed by atoms with van der Waals surface area (Å²) in [6.07, 6.45) is 5.29. The molecule has 0 bridgehead atoms. The standard InChI is InChI=1S/C17H16Cl2N4/c18-12-5-1-4-11(15(12)19)16-17-14(22-23-16)7-9(8-21-17)10-3-2-6-13(10)20/h1,4-5,7-8,10,13H,2-3,6,20H2,(H,22,23)/t10?,13-/m1/s1. The van der Waals surface area contributed by atoms with Crippen LogP contribution in [0.5, 0.6) is 0 Å². The molecular weight excluding hydrogens is 331 g/mol. The maximum absolute atomic E-state index is 6.31. The lowest BCUT2D eigenvalue weighted by atomic mass is 9.95. The van der Waals surface area contributed by atoms with Crippen molar-refractivity contribution in [2.75, 3.05) is 0 Å². The van der Waals surface area contributed by atoms with E-state index >= 15 is 0 Å². The zero-order chi connectivity index (χ0) is 16.0. The number of rotatable bonds is 2. The fourth-order valence-electron chi connectivity index (χ4n) is 3.40. The highest BCUT2D eigenvalue weighted by Gasteiger charge is 2.26. The van der Waals surface area contributed by atoms with Crippen molar-refractivity contribution >= 4 is 34.2 Å². The second-order valence-corrected chi connectivity index (χ2v) is 6.82. The number of benzene rings is 1. The molecule has 6 heteroatoms. The van der Waals surface area contributed by atoms with Crippen LogP contribution in [-0.2, 0) is 0 Å². The number of aromatic nitrogens is 3. The molecule has 0 saturated heterocycles. The van der Waals surface area contributed by atoms with E-state index in [1.54, 1.807) is 6.07 Å². The van der Waals surface area contributed by atoms with Crippen LogP contribution >= 0.6 is 23.2 Å². The second-order valence-electron chi connectivity index (χ2n) is 6.04. The molecule has 23 heavy (non-hydrogen) atoms. The maximum atomic E-state index is 6.31. The van der Waals surface area contributed by atoms with Gasteiger partial charge in [-0.3, -0.25) is 10.1 Å². The molecule has 0 spiro atoms. The minimum atomic E-state index is 0.221. The van der Waals surface area contributed by atoms with Crippen LogP contribution in [0.1, 0.15) is 30.7 Å². The largest absolute Gasteiger partial charge is 0.327 e. The van der Waals surface area contributed by atoms with Crippen molar-refractivity contribution in [1.29, 1.82) is 0 Å². The number of halogens is 2. The number of nitrogens with one attached hydrogen (secondary N) is 1. The van der Waals surface area contributed by atoms with Gasteiger partial charge < -0.3 is 5.73 Å². The quantitative estimate of drug-likeness (QED) is 0.716. The van der Waals surface area contributed by atoms with Crippen molar-refractivity contribution < 1.29 is 0 Å². The summed E-state index contributed by atoms with van der Waals surface area (Å²) in [7, 11) is 0. The second kappa shape index (κ2) is 5.78. The van der Waals surface area contributed by atoms with Crippen LogP contribution in [0.2, 0.25) is 10.0 Å². The molecule has 1 saturated carbocycles. The highest BCUT2D eigenvalue weighted by Crippen LogP contribution is 2.37. The summed E-state index contributed by atoms with van der Waals surface area (Å²) in [5.41, 5.74) is 10.6. The Morgan fingerprint density at radius 2 is 2.09 bits per heavy atom. The Balaban J connectivity index is 1.80. The molecule has 1 fully saturated rings. The Labute approximate surface area is 144 Å². The average molecular weight is 347 g/mol. The van der Waals surface area contributed by atoms with Crippen molar-refractivity contribution in [3.63, 3.8) is 0 Å². The van der Waals surface area contributed by atoms with E-state index in [0.717, 1.165) is 35.1 Å². The van der Waals surface area contributed by atoms with Crippen molar-refractivity contribution in [2.24, 2.45) is 5.73 Å². The van der Waals surface area contributed by atoms with Crippen LogP contribution < -0.4 is 5.73 Å². The van der Waals surface area contributed by atoms with Crippen LogP contribution in [-0.4, -0.2) is 21.2 Å². The number of H-pyrrole nitrogens is 1. The molecule has 2 atom stereocenters. The van der Waals surface area contributed by atoms with E-state index in [4.69, 9.17) is 28.9 Å². The summed E-state index contributed by atoms with van der Waals surface area (Å²) in [6, 6.07) is 7.84. The molecule has 1 aromatic carbocycles. The summed E-state index contributed by atoms with van der Waals surface area (Å²) < 4.78 is 0. The van der Waals surface area contributed by atoms with Gasteiger partial charge in [0.15, 0.2) is 0 Å². The van der Waals surface area contributed by atoms with Crippen LogP contribution in [0.25, 0.3) is 22.3 Å². The molecule has 1 aliphatic rings. The molecular formula is C17H16Cl2N4. The summed E-state index contributed by atoms with van der Waals surface area (Å²) in [5, 5.41) is 8.45. The molecule has 2 aromatic heterocycles. The molecule has 4 rings (SSSR count). The number of nitrogens with two attached hydrogens (primary N) is 1. The van der Waals surface area contributed by atoms with Crippen LogP contribution in [0, 0.1) is 0 Å². The highest BCUT2D eigenvalue weighted by molar-refractivity contribution is 6.43. The number of hydrogen-bond acceptors (Lipinski definition) is 3. The van der Waals surface area contributed by atoms with E-state index in [9.17, 15) is 0 Å². The number of pyridine rings is 1. The lowest BCUT2D eigenvalue weighted by Crippen LogP contribution is -2.22. The van der Waals surface area contributed by atoms with Crippen molar-refractivity contribution in [3.05, 3.63) is 46.1 Å². The van der Waals surface area contributed by atoms with Crippen LogP contribution in [0.3, 0.4) is 0 Å². The lowest BCUT2D eigenvalue weighted by molar-refractivity contribution is 0.612. The lowest BCUT2D eigenvalue weighted by Gasteiger charge is -2.15. The maximum Gasteiger partial charge on any atom is 0.120 e. The van der Waals surface area contributed by atoms with Gasteiger partial charge in [0.25, 0.3) is 0 Å². The van der Waals surface area contributed by atoms with E-state index in [1.165, 1.54) is 12.0 Å². The van der Waals surface area contributed by atoms with Gasteiger partial charge in [0.05, 0.1) is 15.6 Å². The van der Waals surface area contributed by atoms with Crippen molar-refractivity contribution in [3.8, 4) is 11.3 Å². The third-order valence-electron chi connectivity index (χ3n) is 4.63. The first-order chi connectivity index (χ1) is 11.1. The number of hydrogen-bond donors (Lipinski definition) is 2. The molecule has 0 aliphatic heterocycles. The minimum Gasteiger partial charge on any atom is -0.327 e.